The second-order valence-corrected chi connectivity index (χ2v) is 10.6. The minimum absolute atomic E-state index is 0.0903. The monoisotopic (exact) mass is 620 g/mol. The van der Waals surface area contributed by atoms with Crippen LogP contribution in [-0.2, 0) is 36.8 Å². The van der Waals surface area contributed by atoms with Crippen LogP contribution in [0.2, 0.25) is 0 Å². The maximum absolute atomic E-state index is 13.4. The van der Waals surface area contributed by atoms with Crippen molar-refractivity contribution in [2.24, 2.45) is 0 Å². The fourth-order valence-electron chi connectivity index (χ4n) is 4.94. The van der Waals surface area contributed by atoms with E-state index in [-0.39, 0.29) is 24.1 Å². The summed E-state index contributed by atoms with van der Waals surface area (Å²) in [6, 6.07) is 14.2. The molecule has 2 saturated heterocycles. The maximum atomic E-state index is 13.4. The molecule has 0 saturated carbocycles. The van der Waals surface area contributed by atoms with E-state index in [0.29, 0.717) is 13.0 Å². The van der Waals surface area contributed by atoms with Gasteiger partial charge in [0.1, 0.15) is 11.6 Å². The van der Waals surface area contributed by atoms with Crippen molar-refractivity contribution in [3.05, 3.63) is 65.5 Å². The highest BCUT2D eigenvalue weighted by atomic mass is 19.1. The third-order valence-electron chi connectivity index (χ3n) is 7.48. The smallest absolute Gasteiger partial charge is 0.335 e. The Hall–Kier alpha value is -3.62. The second-order valence-electron chi connectivity index (χ2n) is 10.6. The maximum Gasteiger partial charge on any atom is 0.335 e. The van der Waals surface area contributed by atoms with Crippen molar-refractivity contribution in [1.29, 1.82) is 0 Å². The number of likely N-dealkylation sites (tertiary alicyclic amines) is 1. The lowest BCUT2D eigenvalue weighted by Gasteiger charge is -2.39. The first-order valence-corrected chi connectivity index (χ1v) is 14.5. The van der Waals surface area contributed by atoms with E-state index in [1.165, 1.54) is 12.1 Å². The van der Waals surface area contributed by atoms with Crippen LogP contribution in [0.3, 0.4) is 0 Å². The molecule has 4 N–H and O–H groups in total. The van der Waals surface area contributed by atoms with Crippen LogP contribution in [0.25, 0.3) is 0 Å². The van der Waals surface area contributed by atoms with E-state index in [9.17, 15) is 18.8 Å². The minimum atomic E-state index is -2.27. The zero-order valence-electron chi connectivity index (χ0n) is 24.7. The van der Waals surface area contributed by atoms with Gasteiger partial charge < -0.3 is 44.4 Å². The number of carbonyl (C=O) groups excluding carboxylic acids is 1. The third-order valence-corrected chi connectivity index (χ3v) is 7.48. The molecule has 2 heterocycles. The number of amides is 1. The van der Waals surface area contributed by atoms with Gasteiger partial charge in [0.15, 0.2) is 18.5 Å². The molecule has 2 aromatic carbocycles. The molecule has 2 atom stereocenters. The molecule has 2 fully saturated rings. The highest BCUT2D eigenvalue weighted by Crippen LogP contribution is 2.22. The van der Waals surface area contributed by atoms with Gasteiger partial charge in [-0.05, 0) is 54.7 Å². The number of piperidine rings is 1. The van der Waals surface area contributed by atoms with Crippen LogP contribution in [0.1, 0.15) is 36.8 Å². The lowest BCUT2D eigenvalue weighted by atomic mass is 10.0. The number of carboxylic acids is 2. The number of nitrogens with zero attached hydrogens (tertiary/aromatic N) is 2. The molecule has 44 heavy (non-hydrogen) atoms. The van der Waals surface area contributed by atoms with Crippen molar-refractivity contribution in [2.45, 2.75) is 63.2 Å². The molecule has 4 rings (SSSR count). The number of aliphatic hydroxyl groups excluding tert-OH is 2. The SMILES string of the molecule is COc1ccc(CC(=O)N(Cc2ccc(F)cc2)C2CCN(CCC3OCCCO3)CC2)cc1.O=C(O)C(O)C(O)C(=O)O. The topological polar surface area (TPSA) is 166 Å². The van der Waals surface area contributed by atoms with Gasteiger partial charge >= 0.3 is 11.9 Å². The summed E-state index contributed by atoms with van der Waals surface area (Å²) in [5.41, 5.74) is 1.90. The van der Waals surface area contributed by atoms with Crippen molar-refractivity contribution in [3.63, 3.8) is 0 Å². The number of benzene rings is 2. The molecule has 0 bridgehead atoms. The number of methoxy groups -OCH3 is 1. The summed E-state index contributed by atoms with van der Waals surface area (Å²) in [5, 5.41) is 32.5. The average molecular weight is 621 g/mol. The standard InChI is InChI=1S/C27H35FN2O4.C4H6O6/c1-32-25-9-5-21(6-10-25)19-26(31)30(20-22-3-7-23(28)8-4-22)24-11-14-29(15-12-24)16-13-27-33-17-2-18-34-27;5-1(3(7)8)2(6)4(9)10/h3-10,24,27H,2,11-20H2,1H3;1-2,5-6H,(H,7,8)(H,9,10). The second kappa shape index (κ2) is 17.6. The first-order valence-electron chi connectivity index (χ1n) is 14.5. The molecule has 2 aliphatic rings. The van der Waals surface area contributed by atoms with Gasteiger partial charge in [0, 0.05) is 38.6 Å². The molecular weight excluding hydrogens is 579 g/mol. The van der Waals surface area contributed by atoms with Crippen LogP contribution in [-0.4, -0.2) is 113 Å². The molecule has 0 aromatic heterocycles. The van der Waals surface area contributed by atoms with E-state index in [1.807, 2.05) is 29.2 Å². The van der Waals surface area contributed by atoms with E-state index in [1.54, 1.807) is 19.2 Å². The molecule has 2 aliphatic heterocycles. The summed E-state index contributed by atoms with van der Waals surface area (Å²) >= 11 is 0. The van der Waals surface area contributed by atoms with Crippen molar-refractivity contribution < 1.29 is 53.4 Å². The number of hydrogen-bond donors (Lipinski definition) is 4. The molecule has 242 valence electrons. The predicted molar refractivity (Wildman–Crippen MR) is 155 cm³/mol. The van der Waals surface area contributed by atoms with Gasteiger partial charge in [0.25, 0.3) is 0 Å². The van der Waals surface area contributed by atoms with Crippen molar-refractivity contribution in [1.82, 2.24) is 9.80 Å². The van der Waals surface area contributed by atoms with Gasteiger partial charge in [-0.15, -0.1) is 0 Å². The molecule has 1 amide bonds. The minimum Gasteiger partial charge on any atom is -0.497 e. The number of halogens is 1. The Balaban J connectivity index is 0.000000456. The Bertz CT molecular complexity index is 1160. The van der Waals surface area contributed by atoms with E-state index in [0.717, 1.165) is 75.4 Å². The summed E-state index contributed by atoms with van der Waals surface area (Å²) in [5.74, 6) is -2.93. The number of hydrogen-bond acceptors (Lipinski definition) is 9. The van der Waals surface area contributed by atoms with Gasteiger partial charge in [-0.3, -0.25) is 4.79 Å². The zero-order valence-corrected chi connectivity index (χ0v) is 24.7. The van der Waals surface area contributed by atoms with Gasteiger partial charge in [0.2, 0.25) is 5.91 Å². The molecular formula is C31H41FN2O10. The van der Waals surface area contributed by atoms with Crippen molar-refractivity contribution in [3.8, 4) is 5.75 Å². The van der Waals surface area contributed by atoms with Crippen molar-refractivity contribution in [2.75, 3.05) is 40.0 Å². The van der Waals surface area contributed by atoms with E-state index in [4.69, 9.17) is 34.6 Å². The fourth-order valence-corrected chi connectivity index (χ4v) is 4.94. The summed E-state index contributed by atoms with van der Waals surface area (Å²) in [6.07, 6.45) is -0.606. The summed E-state index contributed by atoms with van der Waals surface area (Å²) in [7, 11) is 1.63. The molecule has 0 radical (unpaired) electrons. The van der Waals surface area contributed by atoms with Crippen LogP contribution in [0, 0.1) is 5.82 Å². The number of aliphatic carboxylic acids is 2. The Morgan fingerprint density at radius 3 is 2.00 bits per heavy atom. The van der Waals surface area contributed by atoms with Gasteiger partial charge in [0.05, 0.1) is 26.7 Å². The van der Waals surface area contributed by atoms with E-state index < -0.39 is 24.1 Å². The number of rotatable bonds is 12. The molecule has 0 spiro atoms. The lowest BCUT2D eigenvalue weighted by Crippen LogP contribution is -2.48. The predicted octanol–water partition coefficient (Wildman–Crippen LogP) is 1.90. The molecule has 12 nitrogen and oxygen atoms in total. The highest BCUT2D eigenvalue weighted by Gasteiger charge is 2.30. The molecule has 2 aromatic rings. The summed E-state index contributed by atoms with van der Waals surface area (Å²) < 4.78 is 30.0. The van der Waals surface area contributed by atoms with E-state index >= 15 is 0 Å². The zero-order chi connectivity index (χ0) is 32.1. The van der Waals surface area contributed by atoms with Gasteiger partial charge in [-0.1, -0.05) is 24.3 Å². The first-order chi connectivity index (χ1) is 21.1. The van der Waals surface area contributed by atoms with Crippen molar-refractivity contribution >= 4 is 17.8 Å². The van der Waals surface area contributed by atoms with Crippen LogP contribution in [0.4, 0.5) is 4.39 Å². The van der Waals surface area contributed by atoms with Gasteiger partial charge in [-0.2, -0.15) is 0 Å². The third kappa shape index (κ3) is 11.1. The Morgan fingerprint density at radius 1 is 0.932 bits per heavy atom. The first kappa shape index (κ1) is 34.9. The number of carboxylic acid groups (broad SMARTS) is 2. The highest BCUT2D eigenvalue weighted by molar-refractivity contribution is 5.83. The Labute approximate surface area is 255 Å². The van der Waals surface area contributed by atoms with Crippen LogP contribution in [0.15, 0.2) is 48.5 Å². The largest absolute Gasteiger partial charge is 0.497 e. The number of aliphatic hydroxyl groups is 2. The average Bonchev–Trinajstić information content (AvgIpc) is 3.04. The fraction of sp³-hybridized carbons (Fsp3) is 0.516. The normalized spacial score (nSPS) is 17.5. The van der Waals surface area contributed by atoms with Crippen LogP contribution < -0.4 is 4.74 Å². The number of carbonyl (C=O) groups is 3. The van der Waals surface area contributed by atoms with Gasteiger partial charge in [-0.25, -0.2) is 14.0 Å². The Morgan fingerprint density at radius 2 is 1.48 bits per heavy atom. The number of ether oxygens (including phenoxy) is 3. The summed E-state index contributed by atoms with van der Waals surface area (Å²) in [6.45, 7) is 4.86. The Kier molecular flexibility index (Phi) is 14.0. The lowest BCUT2D eigenvalue weighted by molar-refractivity contribution is -0.183. The molecule has 2 unspecified atom stereocenters. The van der Waals surface area contributed by atoms with E-state index in [2.05, 4.69) is 4.90 Å². The van der Waals surface area contributed by atoms with Crippen LogP contribution in [0.5, 0.6) is 5.75 Å². The summed E-state index contributed by atoms with van der Waals surface area (Å²) in [4.78, 5) is 37.4. The molecule has 0 aliphatic carbocycles. The molecule has 13 heteroatoms. The quantitative estimate of drug-likeness (QED) is 0.274. The van der Waals surface area contributed by atoms with Crippen LogP contribution >= 0.6 is 0 Å².